The Bertz CT molecular complexity index is 2040. The first-order chi connectivity index (χ1) is 22.0. The Morgan fingerprint density at radius 3 is 2.48 bits per heavy atom. The van der Waals surface area contributed by atoms with Gasteiger partial charge >= 0.3 is 0 Å². The van der Waals surface area contributed by atoms with Crippen LogP contribution in [0, 0.1) is 12.7 Å². The zero-order valence-corrected chi connectivity index (χ0v) is 26.6. The van der Waals surface area contributed by atoms with E-state index in [9.17, 15) is 14.7 Å². The first-order valence-electron chi connectivity index (χ1n) is 15.2. The number of nitrogens with one attached hydrogen (secondary N) is 2. The van der Waals surface area contributed by atoms with Crippen LogP contribution >= 0.6 is 0 Å². The van der Waals surface area contributed by atoms with Crippen molar-refractivity contribution in [2.45, 2.75) is 39.7 Å². The molecule has 4 heterocycles. The van der Waals surface area contributed by atoms with Crippen LogP contribution in [0.2, 0.25) is 0 Å². The SMILES string of the molecule is Cc1c(-c2cccc(-n3ncc4cc(C(C)(C)C)cc(F)c4c3=O)c2CO)n[nH]c(=O)c1Nc1ccc(N2CCN(C)CC2)cn1. The van der Waals surface area contributed by atoms with Crippen LogP contribution in [0.4, 0.5) is 21.6 Å². The van der Waals surface area contributed by atoms with E-state index in [0.29, 0.717) is 33.6 Å². The highest BCUT2D eigenvalue weighted by Crippen LogP contribution is 2.32. The lowest BCUT2D eigenvalue weighted by Crippen LogP contribution is -2.44. The van der Waals surface area contributed by atoms with Crippen molar-refractivity contribution in [2.75, 3.05) is 43.4 Å². The second-order valence-corrected chi connectivity index (χ2v) is 12.7. The Hall–Kier alpha value is -4.94. The predicted octanol–water partition coefficient (Wildman–Crippen LogP) is 4.26. The quantitative estimate of drug-likeness (QED) is 0.254. The summed E-state index contributed by atoms with van der Waals surface area (Å²) in [6.07, 6.45) is 3.24. The highest BCUT2D eigenvalue weighted by atomic mass is 19.1. The molecule has 1 aliphatic heterocycles. The van der Waals surface area contributed by atoms with Crippen LogP contribution in [0.1, 0.15) is 37.5 Å². The summed E-state index contributed by atoms with van der Waals surface area (Å²) in [5.74, 6) is -0.146. The standard InChI is InChI=1S/C34H37FN8O3/c1-20-30(39-40-32(45)31(20)38-28-10-9-23(18-36-28)42-13-11-41(5)12-14-42)24-7-6-8-27(25(24)19-44)43-33(46)29-21(17-37-43)15-22(16-26(29)35)34(2,3)4/h6-10,15-18,44H,11-14,19H2,1-5H3,(H,40,45)(H,36,38,39). The third kappa shape index (κ3) is 5.77. The second kappa shape index (κ2) is 12.1. The number of likely N-dealkylation sites (N-methyl/N-ethyl adjacent to an activating group) is 1. The number of hydrogen-bond acceptors (Lipinski definition) is 9. The van der Waals surface area contributed by atoms with E-state index < -0.39 is 23.5 Å². The number of H-pyrrole nitrogens is 1. The molecule has 46 heavy (non-hydrogen) atoms. The molecule has 11 nitrogen and oxygen atoms in total. The van der Waals surface area contributed by atoms with Gasteiger partial charge in [-0.2, -0.15) is 14.9 Å². The Morgan fingerprint density at radius 2 is 1.80 bits per heavy atom. The van der Waals surface area contributed by atoms with Gasteiger partial charge in [0.1, 0.15) is 17.3 Å². The second-order valence-electron chi connectivity index (χ2n) is 12.7. The number of piperazine rings is 1. The number of aliphatic hydroxyl groups excluding tert-OH is 1. The van der Waals surface area contributed by atoms with E-state index in [1.807, 2.05) is 32.9 Å². The molecule has 0 spiro atoms. The summed E-state index contributed by atoms with van der Waals surface area (Å²) in [6, 6.07) is 12.0. The van der Waals surface area contributed by atoms with Crippen molar-refractivity contribution in [3.63, 3.8) is 0 Å². The van der Waals surface area contributed by atoms with Gasteiger partial charge in [-0.15, -0.1) is 0 Å². The van der Waals surface area contributed by atoms with E-state index in [4.69, 9.17) is 0 Å². The van der Waals surface area contributed by atoms with Crippen molar-refractivity contribution in [3.05, 3.63) is 98.1 Å². The Kier molecular flexibility index (Phi) is 8.17. The molecule has 1 saturated heterocycles. The summed E-state index contributed by atoms with van der Waals surface area (Å²) in [5.41, 5.74) is 2.59. The molecule has 6 rings (SSSR count). The van der Waals surface area contributed by atoms with E-state index in [1.54, 1.807) is 37.4 Å². The predicted molar refractivity (Wildman–Crippen MR) is 178 cm³/mol. The van der Waals surface area contributed by atoms with Gasteiger partial charge in [0.2, 0.25) is 0 Å². The molecule has 0 amide bonds. The van der Waals surface area contributed by atoms with E-state index in [2.05, 4.69) is 42.4 Å². The number of nitrogens with zero attached hydrogens (tertiary/aromatic N) is 6. The summed E-state index contributed by atoms with van der Waals surface area (Å²) in [6.45, 7) is 11.0. The number of pyridine rings is 1. The van der Waals surface area contributed by atoms with Crippen molar-refractivity contribution in [1.29, 1.82) is 0 Å². The molecule has 238 valence electrons. The number of aromatic nitrogens is 5. The molecule has 3 aromatic heterocycles. The largest absolute Gasteiger partial charge is 0.392 e. The Labute approximate surface area is 265 Å². The minimum atomic E-state index is -0.651. The maximum atomic E-state index is 15.4. The van der Waals surface area contributed by atoms with Gasteiger partial charge in [-0.25, -0.2) is 14.5 Å². The molecule has 0 aliphatic carbocycles. The molecule has 0 radical (unpaired) electrons. The zero-order chi connectivity index (χ0) is 32.7. The number of halogens is 1. The first-order valence-corrected chi connectivity index (χ1v) is 15.2. The van der Waals surface area contributed by atoms with Crippen LogP contribution in [0.25, 0.3) is 27.7 Å². The van der Waals surface area contributed by atoms with Gasteiger partial charge in [-0.3, -0.25) is 9.59 Å². The fourth-order valence-electron chi connectivity index (χ4n) is 5.79. The molecule has 12 heteroatoms. The maximum absolute atomic E-state index is 15.4. The van der Waals surface area contributed by atoms with Crippen molar-refractivity contribution in [2.24, 2.45) is 0 Å². The number of anilines is 3. The summed E-state index contributed by atoms with van der Waals surface area (Å²) < 4.78 is 16.4. The average Bonchev–Trinajstić information content (AvgIpc) is 3.03. The van der Waals surface area contributed by atoms with Gasteiger partial charge < -0.3 is 20.2 Å². The molecule has 0 unspecified atom stereocenters. The van der Waals surface area contributed by atoms with Gasteiger partial charge in [0.25, 0.3) is 11.1 Å². The van der Waals surface area contributed by atoms with E-state index in [0.717, 1.165) is 42.1 Å². The first kappa shape index (κ1) is 31.1. The minimum Gasteiger partial charge on any atom is -0.392 e. The molecule has 5 aromatic rings. The molecule has 1 fully saturated rings. The molecular formula is C34H37FN8O3. The lowest BCUT2D eigenvalue weighted by Gasteiger charge is -2.33. The average molecular weight is 625 g/mol. The summed E-state index contributed by atoms with van der Waals surface area (Å²) in [5, 5.41) is 25.2. The number of fused-ring (bicyclic) bond motifs is 1. The summed E-state index contributed by atoms with van der Waals surface area (Å²) in [7, 11) is 2.11. The number of aliphatic hydroxyl groups is 1. The van der Waals surface area contributed by atoms with Crippen LogP contribution in [-0.4, -0.2) is 68.2 Å². The fraction of sp³-hybridized carbons (Fsp3) is 0.324. The van der Waals surface area contributed by atoms with Crippen LogP contribution in [0.15, 0.2) is 64.4 Å². The third-order valence-corrected chi connectivity index (χ3v) is 8.59. The van der Waals surface area contributed by atoms with E-state index in [-0.39, 0.29) is 22.2 Å². The van der Waals surface area contributed by atoms with E-state index >= 15 is 4.39 Å². The maximum Gasteiger partial charge on any atom is 0.288 e. The zero-order valence-electron chi connectivity index (χ0n) is 26.6. The van der Waals surface area contributed by atoms with Crippen molar-refractivity contribution >= 4 is 28.0 Å². The summed E-state index contributed by atoms with van der Waals surface area (Å²) >= 11 is 0. The molecule has 3 N–H and O–H groups in total. The normalized spacial score (nSPS) is 14.2. The molecule has 0 saturated carbocycles. The van der Waals surface area contributed by atoms with Gasteiger partial charge in [-0.05, 0) is 55.3 Å². The van der Waals surface area contributed by atoms with Crippen molar-refractivity contribution in [3.8, 4) is 16.9 Å². The van der Waals surface area contributed by atoms with E-state index in [1.165, 1.54) is 12.3 Å². The third-order valence-electron chi connectivity index (χ3n) is 8.59. The molecule has 2 aromatic carbocycles. The highest BCUT2D eigenvalue weighted by molar-refractivity contribution is 5.83. The number of benzene rings is 2. The Morgan fingerprint density at radius 1 is 1.04 bits per heavy atom. The van der Waals surface area contributed by atoms with Gasteiger partial charge in [0.15, 0.2) is 0 Å². The monoisotopic (exact) mass is 624 g/mol. The minimum absolute atomic E-state index is 0.0896. The Balaban J connectivity index is 1.37. The lowest BCUT2D eigenvalue weighted by molar-refractivity contribution is 0.281. The molecule has 0 atom stereocenters. The molecule has 1 aliphatic rings. The van der Waals surface area contributed by atoms with Crippen LogP contribution in [0.5, 0.6) is 0 Å². The number of hydrogen-bond donors (Lipinski definition) is 3. The number of aromatic amines is 1. The molecule has 0 bridgehead atoms. The van der Waals surface area contributed by atoms with Crippen LogP contribution < -0.4 is 21.3 Å². The topological polar surface area (TPSA) is 132 Å². The van der Waals surface area contributed by atoms with Gasteiger partial charge in [0.05, 0.1) is 41.5 Å². The van der Waals surface area contributed by atoms with Crippen molar-refractivity contribution in [1.82, 2.24) is 29.9 Å². The smallest absolute Gasteiger partial charge is 0.288 e. The highest BCUT2D eigenvalue weighted by Gasteiger charge is 2.22. The van der Waals surface area contributed by atoms with Gasteiger partial charge in [0, 0.05) is 48.3 Å². The van der Waals surface area contributed by atoms with Crippen LogP contribution in [0.3, 0.4) is 0 Å². The van der Waals surface area contributed by atoms with Crippen LogP contribution in [-0.2, 0) is 12.0 Å². The lowest BCUT2D eigenvalue weighted by atomic mass is 9.86. The number of rotatable bonds is 6. The fourth-order valence-corrected chi connectivity index (χ4v) is 5.79. The summed E-state index contributed by atoms with van der Waals surface area (Å²) in [4.78, 5) is 35.7. The molecular weight excluding hydrogens is 587 g/mol. The van der Waals surface area contributed by atoms with Crippen molar-refractivity contribution < 1.29 is 9.50 Å². The van der Waals surface area contributed by atoms with Gasteiger partial charge in [-0.1, -0.05) is 32.9 Å².